The summed E-state index contributed by atoms with van der Waals surface area (Å²) in [6.07, 6.45) is 0.478. The first kappa shape index (κ1) is 14.1. The fraction of sp³-hybridized carbons (Fsp3) is 0.769. The summed E-state index contributed by atoms with van der Waals surface area (Å²) in [5.41, 5.74) is 0. The lowest BCUT2D eigenvalue weighted by Crippen LogP contribution is -2.55. The van der Waals surface area contributed by atoms with Crippen LogP contribution in [0.5, 0.6) is 0 Å². The van der Waals surface area contributed by atoms with Crippen molar-refractivity contribution in [1.82, 2.24) is 9.80 Å². The fourth-order valence-corrected chi connectivity index (χ4v) is 2.66. The fourth-order valence-electron chi connectivity index (χ4n) is 2.66. The smallest absolute Gasteiger partial charge is 0.417 e. The van der Waals surface area contributed by atoms with Gasteiger partial charge >= 0.3 is 12.2 Å². The molecule has 0 bridgehead atoms. The second-order valence-electron chi connectivity index (χ2n) is 5.53. The normalized spacial score (nSPS) is 24.0. The summed E-state index contributed by atoms with van der Waals surface area (Å²) in [4.78, 5) is 37.3. The highest BCUT2D eigenvalue weighted by Gasteiger charge is 2.39. The van der Waals surface area contributed by atoms with Gasteiger partial charge in [-0.25, -0.2) is 14.5 Å². The Morgan fingerprint density at radius 3 is 2.57 bits per heavy atom. The molecule has 3 amide bonds. The Kier molecular flexibility index (Phi) is 3.96. The van der Waals surface area contributed by atoms with Gasteiger partial charge in [-0.1, -0.05) is 0 Å². The van der Waals surface area contributed by atoms with Gasteiger partial charge in [0, 0.05) is 38.4 Å². The minimum absolute atomic E-state index is 0.0690. The molecule has 3 heterocycles. The van der Waals surface area contributed by atoms with Gasteiger partial charge in [0.15, 0.2) is 6.61 Å². The van der Waals surface area contributed by atoms with Crippen LogP contribution in [0.2, 0.25) is 0 Å². The van der Waals surface area contributed by atoms with E-state index in [1.54, 1.807) is 4.90 Å². The molecule has 116 valence electrons. The summed E-state index contributed by atoms with van der Waals surface area (Å²) >= 11 is 0. The van der Waals surface area contributed by atoms with Crippen LogP contribution in [-0.4, -0.2) is 73.5 Å². The Hall–Kier alpha value is -1.83. The maximum absolute atomic E-state index is 11.9. The first-order chi connectivity index (χ1) is 10.1. The van der Waals surface area contributed by atoms with Gasteiger partial charge in [-0.15, -0.1) is 0 Å². The van der Waals surface area contributed by atoms with Crippen LogP contribution in [0.15, 0.2) is 0 Å². The van der Waals surface area contributed by atoms with Crippen LogP contribution in [-0.2, 0) is 19.0 Å². The summed E-state index contributed by atoms with van der Waals surface area (Å²) in [5.74, 6) is -0.218. The van der Waals surface area contributed by atoms with Gasteiger partial charge < -0.3 is 19.1 Å². The second-order valence-corrected chi connectivity index (χ2v) is 5.53. The molecule has 0 radical (unpaired) electrons. The number of nitrogens with zero attached hydrogens (tertiary/aromatic N) is 2. The number of likely N-dealkylation sites (tertiary alicyclic amines) is 1. The summed E-state index contributed by atoms with van der Waals surface area (Å²) in [5, 5.41) is 0. The standard InChI is InChI=1S/C13H18N2O6/c16-11-8-20-13(18)15(11)7-9-5-14(6-9)12(17)21-10-1-3-19-4-2-10/h9-10H,1-8H2. The van der Waals surface area contributed by atoms with E-state index in [1.807, 2.05) is 0 Å². The van der Waals surface area contributed by atoms with Crippen molar-refractivity contribution in [2.75, 3.05) is 39.5 Å². The average molecular weight is 298 g/mol. The zero-order chi connectivity index (χ0) is 14.8. The van der Waals surface area contributed by atoms with Crippen molar-refractivity contribution >= 4 is 18.1 Å². The molecule has 3 fully saturated rings. The zero-order valence-corrected chi connectivity index (χ0v) is 11.7. The molecule has 8 nitrogen and oxygen atoms in total. The molecule has 0 aromatic carbocycles. The minimum Gasteiger partial charge on any atom is -0.446 e. The van der Waals surface area contributed by atoms with E-state index in [4.69, 9.17) is 9.47 Å². The van der Waals surface area contributed by atoms with E-state index in [-0.39, 0.29) is 30.6 Å². The molecular weight excluding hydrogens is 280 g/mol. The molecule has 0 spiro atoms. The Bertz CT molecular complexity index is 426. The molecule has 3 aliphatic heterocycles. The summed E-state index contributed by atoms with van der Waals surface area (Å²) in [7, 11) is 0. The van der Waals surface area contributed by atoms with Crippen molar-refractivity contribution in [2.45, 2.75) is 18.9 Å². The summed E-state index contributed by atoms with van der Waals surface area (Å²) in [6, 6.07) is 0. The van der Waals surface area contributed by atoms with Gasteiger partial charge in [-0.2, -0.15) is 0 Å². The van der Waals surface area contributed by atoms with Crippen molar-refractivity contribution in [2.24, 2.45) is 5.92 Å². The number of amides is 3. The first-order valence-corrected chi connectivity index (χ1v) is 7.14. The molecule has 0 saturated carbocycles. The van der Waals surface area contributed by atoms with Crippen molar-refractivity contribution < 1.29 is 28.6 Å². The third-order valence-corrected chi connectivity index (χ3v) is 3.93. The number of cyclic esters (lactones) is 1. The number of hydrogen-bond donors (Lipinski definition) is 0. The van der Waals surface area contributed by atoms with Gasteiger partial charge in [-0.3, -0.25) is 4.79 Å². The maximum Gasteiger partial charge on any atom is 0.417 e. The van der Waals surface area contributed by atoms with E-state index in [2.05, 4.69) is 4.74 Å². The van der Waals surface area contributed by atoms with Gasteiger partial charge in [-0.05, 0) is 0 Å². The summed E-state index contributed by atoms with van der Waals surface area (Å²) < 4.78 is 15.2. The van der Waals surface area contributed by atoms with E-state index < -0.39 is 6.09 Å². The molecule has 0 aliphatic carbocycles. The monoisotopic (exact) mass is 298 g/mol. The van der Waals surface area contributed by atoms with E-state index in [9.17, 15) is 14.4 Å². The number of carbonyl (C=O) groups is 3. The van der Waals surface area contributed by atoms with Gasteiger partial charge in [0.25, 0.3) is 5.91 Å². The number of rotatable bonds is 3. The molecule has 0 atom stereocenters. The number of ether oxygens (including phenoxy) is 3. The van der Waals surface area contributed by atoms with Crippen LogP contribution in [0.3, 0.4) is 0 Å². The molecule has 3 saturated heterocycles. The van der Waals surface area contributed by atoms with Gasteiger partial charge in [0.05, 0.1) is 13.2 Å². The third-order valence-electron chi connectivity index (χ3n) is 3.93. The minimum atomic E-state index is -0.594. The molecule has 3 aliphatic rings. The molecule has 3 rings (SSSR count). The highest BCUT2D eigenvalue weighted by atomic mass is 16.6. The largest absolute Gasteiger partial charge is 0.446 e. The third kappa shape index (κ3) is 3.10. The Balaban J connectivity index is 1.39. The number of carbonyl (C=O) groups excluding carboxylic acids is 3. The van der Waals surface area contributed by atoms with Crippen LogP contribution in [0.25, 0.3) is 0 Å². The lowest BCUT2D eigenvalue weighted by Gasteiger charge is -2.40. The van der Waals surface area contributed by atoms with Crippen LogP contribution < -0.4 is 0 Å². The number of hydrogen-bond acceptors (Lipinski definition) is 6. The molecule has 0 aromatic heterocycles. The molecule has 0 aromatic rings. The highest BCUT2D eigenvalue weighted by molar-refractivity contribution is 5.97. The van der Waals surface area contributed by atoms with E-state index in [0.717, 1.165) is 17.7 Å². The Morgan fingerprint density at radius 1 is 1.24 bits per heavy atom. The molecule has 0 unspecified atom stereocenters. The van der Waals surface area contributed by atoms with Crippen LogP contribution >= 0.6 is 0 Å². The van der Waals surface area contributed by atoms with Crippen LogP contribution in [0, 0.1) is 5.92 Å². The second kappa shape index (κ2) is 5.88. The maximum atomic E-state index is 11.9. The van der Waals surface area contributed by atoms with Crippen LogP contribution in [0.4, 0.5) is 9.59 Å². The lowest BCUT2D eigenvalue weighted by molar-refractivity contribution is -0.126. The molecule has 8 heteroatoms. The SMILES string of the molecule is O=C(OC1CCOCC1)N1CC(CN2C(=O)COC2=O)C1. The van der Waals surface area contributed by atoms with Crippen molar-refractivity contribution in [3.8, 4) is 0 Å². The summed E-state index contributed by atoms with van der Waals surface area (Å²) in [6.45, 7) is 2.37. The average Bonchev–Trinajstić information content (AvgIpc) is 2.74. The lowest BCUT2D eigenvalue weighted by atomic mass is 10.0. The highest BCUT2D eigenvalue weighted by Crippen LogP contribution is 2.21. The van der Waals surface area contributed by atoms with Crippen molar-refractivity contribution in [3.63, 3.8) is 0 Å². The van der Waals surface area contributed by atoms with Crippen LogP contribution in [0.1, 0.15) is 12.8 Å². The first-order valence-electron chi connectivity index (χ1n) is 7.14. The van der Waals surface area contributed by atoms with E-state index >= 15 is 0 Å². The number of imide groups is 1. The molecule has 21 heavy (non-hydrogen) atoms. The topological polar surface area (TPSA) is 85.4 Å². The zero-order valence-electron chi connectivity index (χ0n) is 11.7. The predicted octanol–water partition coefficient (Wildman–Crippen LogP) is 0.213. The van der Waals surface area contributed by atoms with Crippen molar-refractivity contribution in [1.29, 1.82) is 0 Å². The van der Waals surface area contributed by atoms with E-state index in [0.29, 0.717) is 32.8 Å². The Morgan fingerprint density at radius 2 is 1.95 bits per heavy atom. The van der Waals surface area contributed by atoms with E-state index in [1.165, 1.54) is 0 Å². The molecule has 0 N–H and O–H groups in total. The Labute approximate surface area is 121 Å². The predicted molar refractivity (Wildman–Crippen MR) is 68.4 cm³/mol. The molecular formula is C13H18N2O6. The van der Waals surface area contributed by atoms with Gasteiger partial charge in [0.2, 0.25) is 0 Å². The quantitative estimate of drug-likeness (QED) is 0.740. The van der Waals surface area contributed by atoms with Crippen molar-refractivity contribution in [3.05, 3.63) is 0 Å². The van der Waals surface area contributed by atoms with Gasteiger partial charge in [0.1, 0.15) is 6.10 Å².